The summed E-state index contributed by atoms with van der Waals surface area (Å²) in [5.41, 5.74) is 1.31. The molecule has 1 aliphatic heterocycles. The molecular weight excluding hydrogens is 463 g/mol. The van der Waals surface area contributed by atoms with Crippen molar-refractivity contribution in [3.8, 4) is 0 Å². The van der Waals surface area contributed by atoms with E-state index >= 15 is 0 Å². The van der Waals surface area contributed by atoms with Crippen LogP contribution >= 0.6 is 24.0 Å². The molecule has 1 fully saturated rings. The Hall–Kier alpha value is -1.77. The summed E-state index contributed by atoms with van der Waals surface area (Å²) < 4.78 is 2.20. The number of nitrogens with zero attached hydrogens (tertiary/aromatic N) is 4. The van der Waals surface area contributed by atoms with Gasteiger partial charge in [-0.2, -0.15) is 0 Å². The van der Waals surface area contributed by atoms with E-state index in [1.54, 1.807) is 0 Å². The fourth-order valence-corrected chi connectivity index (χ4v) is 3.61. The number of unbranched alkanes of at least 4 members (excludes halogenated alkanes) is 1. The van der Waals surface area contributed by atoms with Crippen molar-refractivity contribution in [2.24, 2.45) is 4.99 Å². The lowest BCUT2D eigenvalue weighted by Crippen LogP contribution is -2.51. The van der Waals surface area contributed by atoms with Gasteiger partial charge in [-0.3, -0.25) is 4.99 Å². The van der Waals surface area contributed by atoms with Gasteiger partial charge in [-0.25, -0.2) is 4.98 Å². The van der Waals surface area contributed by atoms with Crippen LogP contribution in [-0.2, 0) is 6.54 Å². The van der Waals surface area contributed by atoms with E-state index in [9.17, 15) is 0 Å². The van der Waals surface area contributed by atoms with Crippen molar-refractivity contribution in [1.29, 1.82) is 0 Å². The fourth-order valence-electron chi connectivity index (χ4n) is 3.61. The minimum absolute atomic E-state index is 0. The smallest absolute Gasteiger partial charge is 0.191 e. The van der Waals surface area contributed by atoms with Crippen LogP contribution in [0.25, 0.3) is 0 Å². The lowest BCUT2D eigenvalue weighted by Gasteiger charge is -2.35. The Labute approximate surface area is 185 Å². The number of hydrogen-bond donors (Lipinski definition) is 2. The largest absolute Gasteiger partial charge is 0.369 e. The molecule has 0 spiro atoms. The predicted molar refractivity (Wildman–Crippen MR) is 128 cm³/mol. The molecule has 7 heteroatoms. The third-order valence-corrected chi connectivity index (χ3v) is 5.15. The second kappa shape index (κ2) is 11.9. The van der Waals surface area contributed by atoms with E-state index in [0.29, 0.717) is 6.04 Å². The van der Waals surface area contributed by atoms with Gasteiger partial charge in [0.05, 0.1) is 0 Å². The highest BCUT2D eigenvalue weighted by Crippen LogP contribution is 2.19. The molecule has 1 atom stereocenters. The van der Waals surface area contributed by atoms with E-state index in [1.165, 1.54) is 18.5 Å². The van der Waals surface area contributed by atoms with Gasteiger partial charge in [-0.05, 0) is 44.7 Å². The maximum Gasteiger partial charge on any atom is 0.191 e. The van der Waals surface area contributed by atoms with Crippen molar-refractivity contribution in [2.45, 2.75) is 45.2 Å². The summed E-state index contributed by atoms with van der Waals surface area (Å²) in [6.45, 7) is 6.15. The van der Waals surface area contributed by atoms with Gasteiger partial charge in [0.2, 0.25) is 0 Å². The van der Waals surface area contributed by atoms with Gasteiger partial charge in [0.1, 0.15) is 5.82 Å². The Morgan fingerprint density at radius 3 is 2.79 bits per heavy atom. The number of benzene rings is 1. The van der Waals surface area contributed by atoms with Gasteiger partial charge >= 0.3 is 0 Å². The molecule has 2 N–H and O–H groups in total. The molecule has 1 aromatic heterocycles. The van der Waals surface area contributed by atoms with Crippen molar-refractivity contribution < 1.29 is 0 Å². The Morgan fingerprint density at radius 2 is 2.07 bits per heavy atom. The van der Waals surface area contributed by atoms with Crippen LogP contribution in [0.15, 0.2) is 47.7 Å². The molecule has 28 heavy (non-hydrogen) atoms. The molecule has 1 saturated heterocycles. The molecule has 1 aliphatic rings. The third kappa shape index (κ3) is 6.68. The molecule has 2 heterocycles. The minimum Gasteiger partial charge on any atom is -0.369 e. The van der Waals surface area contributed by atoms with Crippen LogP contribution in [0.5, 0.6) is 0 Å². The molecule has 0 amide bonds. The summed E-state index contributed by atoms with van der Waals surface area (Å²) in [7, 11) is 1.85. The second-order valence-corrected chi connectivity index (χ2v) is 7.14. The first-order chi connectivity index (χ1) is 13.3. The average molecular weight is 496 g/mol. The highest BCUT2D eigenvalue weighted by molar-refractivity contribution is 14.0. The number of aliphatic imine (C=N–C) groups is 1. The van der Waals surface area contributed by atoms with Crippen molar-refractivity contribution in [3.05, 3.63) is 48.5 Å². The lowest BCUT2D eigenvalue weighted by atomic mass is 10.1. The van der Waals surface area contributed by atoms with Crippen molar-refractivity contribution >= 4 is 35.6 Å². The number of hydrogen-bond acceptors (Lipinski definition) is 3. The van der Waals surface area contributed by atoms with E-state index in [-0.39, 0.29) is 24.0 Å². The maximum absolute atomic E-state index is 4.40. The number of piperidine rings is 1. The number of para-hydroxylation sites is 1. The molecular formula is C21H33IN6. The van der Waals surface area contributed by atoms with Crippen LogP contribution in [0.4, 0.5) is 5.69 Å². The van der Waals surface area contributed by atoms with E-state index in [1.807, 2.05) is 26.4 Å². The number of nitrogens with one attached hydrogen (secondary N) is 2. The summed E-state index contributed by atoms with van der Waals surface area (Å²) in [5, 5.41) is 7.06. The monoisotopic (exact) mass is 496 g/mol. The van der Waals surface area contributed by atoms with Crippen LogP contribution in [0.3, 0.4) is 0 Å². The first-order valence-electron chi connectivity index (χ1n) is 10.0. The van der Waals surface area contributed by atoms with Gasteiger partial charge in [-0.1, -0.05) is 18.2 Å². The predicted octanol–water partition coefficient (Wildman–Crippen LogP) is 3.42. The average Bonchev–Trinajstić information content (AvgIpc) is 3.12. The zero-order valence-electron chi connectivity index (χ0n) is 17.0. The normalized spacial score (nSPS) is 17.1. The zero-order chi connectivity index (χ0) is 18.9. The van der Waals surface area contributed by atoms with Gasteiger partial charge in [0.25, 0.3) is 0 Å². The van der Waals surface area contributed by atoms with Crippen LogP contribution in [0.2, 0.25) is 0 Å². The van der Waals surface area contributed by atoms with Gasteiger partial charge < -0.3 is 20.1 Å². The van der Waals surface area contributed by atoms with Crippen LogP contribution in [0, 0.1) is 6.92 Å². The van der Waals surface area contributed by atoms with Crippen LogP contribution in [-0.4, -0.2) is 48.2 Å². The van der Waals surface area contributed by atoms with Crippen molar-refractivity contribution in [1.82, 2.24) is 20.2 Å². The first kappa shape index (κ1) is 22.5. The number of halogens is 1. The van der Waals surface area contributed by atoms with Crippen LogP contribution < -0.4 is 15.5 Å². The Bertz CT molecular complexity index is 715. The van der Waals surface area contributed by atoms with E-state index in [0.717, 1.165) is 50.8 Å². The second-order valence-electron chi connectivity index (χ2n) is 7.14. The number of rotatable bonds is 7. The summed E-state index contributed by atoms with van der Waals surface area (Å²) in [4.78, 5) is 11.1. The minimum atomic E-state index is 0. The SMILES string of the molecule is CN=C(NCCCCn1ccnc1C)NC1CCCN(c2ccccc2)C1.I. The van der Waals surface area contributed by atoms with Crippen molar-refractivity contribution in [3.63, 3.8) is 0 Å². The number of guanidine groups is 1. The molecule has 0 bridgehead atoms. The number of aromatic nitrogens is 2. The first-order valence-corrected chi connectivity index (χ1v) is 10.0. The summed E-state index contributed by atoms with van der Waals surface area (Å²) in [5.74, 6) is 1.99. The molecule has 1 aromatic carbocycles. The third-order valence-electron chi connectivity index (χ3n) is 5.15. The zero-order valence-corrected chi connectivity index (χ0v) is 19.3. The topological polar surface area (TPSA) is 57.5 Å². The Morgan fingerprint density at radius 1 is 1.25 bits per heavy atom. The van der Waals surface area contributed by atoms with E-state index in [4.69, 9.17) is 0 Å². The lowest BCUT2D eigenvalue weighted by molar-refractivity contribution is 0.467. The quantitative estimate of drug-likeness (QED) is 0.267. The molecule has 6 nitrogen and oxygen atoms in total. The molecule has 3 rings (SSSR count). The van der Waals surface area contributed by atoms with Gasteiger partial charge in [0.15, 0.2) is 5.96 Å². The van der Waals surface area contributed by atoms with Crippen molar-refractivity contribution in [2.75, 3.05) is 31.6 Å². The Kier molecular flexibility index (Phi) is 9.60. The molecule has 0 aliphatic carbocycles. The summed E-state index contributed by atoms with van der Waals surface area (Å²) in [6, 6.07) is 11.1. The van der Waals surface area contributed by atoms with E-state index in [2.05, 4.69) is 60.4 Å². The highest BCUT2D eigenvalue weighted by atomic mass is 127. The Balaban J connectivity index is 0.00000280. The summed E-state index contributed by atoms with van der Waals surface area (Å²) in [6.07, 6.45) is 8.54. The number of anilines is 1. The maximum atomic E-state index is 4.40. The molecule has 2 aromatic rings. The van der Waals surface area contributed by atoms with Crippen LogP contribution in [0.1, 0.15) is 31.5 Å². The molecule has 0 saturated carbocycles. The fraction of sp³-hybridized carbons (Fsp3) is 0.524. The summed E-state index contributed by atoms with van der Waals surface area (Å²) >= 11 is 0. The highest BCUT2D eigenvalue weighted by Gasteiger charge is 2.20. The van der Waals surface area contributed by atoms with E-state index < -0.39 is 0 Å². The molecule has 1 unspecified atom stereocenters. The van der Waals surface area contributed by atoms with Gasteiger partial charge in [-0.15, -0.1) is 24.0 Å². The number of imidazole rings is 1. The van der Waals surface area contributed by atoms with Gasteiger partial charge in [0, 0.05) is 57.3 Å². The number of aryl methyl sites for hydroxylation is 2. The molecule has 154 valence electrons. The molecule has 0 radical (unpaired) electrons. The standard InChI is InChI=1S/C21H32N6.HI/c1-18-23-13-16-26(18)14-7-6-12-24-21(22-2)25-19-9-8-15-27(17-19)20-10-4-3-5-11-20;/h3-5,10-11,13,16,19H,6-9,12,14-15,17H2,1-2H3,(H2,22,24,25);1H.